The zero-order valence-electron chi connectivity index (χ0n) is 9.90. The molecule has 2 nitrogen and oxygen atoms in total. The first kappa shape index (κ1) is 12.9. The van der Waals surface area contributed by atoms with E-state index in [1.54, 1.807) is 11.3 Å². The van der Waals surface area contributed by atoms with E-state index in [4.69, 9.17) is 23.2 Å². The largest absolute Gasteiger partial charge is 0.294 e. The van der Waals surface area contributed by atoms with Gasteiger partial charge in [0.15, 0.2) is 0 Å². The highest BCUT2D eigenvalue weighted by atomic mass is 35.5. The van der Waals surface area contributed by atoms with Crippen LogP contribution in [0.4, 0.5) is 4.39 Å². The van der Waals surface area contributed by atoms with Gasteiger partial charge in [-0.1, -0.05) is 11.6 Å². The van der Waals surface area contributed by atoms with Crippen LogP contribution < -0.4 is 0 Å². The number of benzene rings is 1. The lowest BCUT2D eigenvalue weighted by Gasteiger charge is -2.08. The first-order chi connectivity index (χ1) is 9.08. The van der Waals surface area contributed by atoms with Crippen LogP contribution in [-0.2, 0) is 0 Å². The second kappa shape index (κ2) is 4.78. The van der Waals surface area contributed by atoms with Gasteiger partial charge in [0, 0.05) is 11.4 Å². The quantitative estimate of drug-likeness (QED) is 0.596. The molecule has 0 aliphatic carbocycles. The van der Waals surface area contributed by atoms with Crippen molar-refractivity contribution < 1.29 is 4.39 Å². The summed E-state index contributed by atoms with van der Waals surface area (Å²) in [6.07, 6.45) is 0. The molecule has 1 unspecified atom stereocenters. The summed E-state index contributed by atoms with van der Waals surface area (Å²) in [6, 6.07) is 4.87. The van der Waals surface area contributed by atoms with Crippen LogP contribution in [0.5, 0.6) is 0 Å². The third-order valence-corrected chi connectivity index (χ3v) is 4.00. The van der Waals surface area contributed by atoms with Crippen LogP contribution in [0.15, 0.2) is 29.0 Å². The molecule has 1 aromatic carbocycles. The van der Waals surface area contributed by atoms with E-state index in [0.29, 0.717) is 16.9 Å². The number of nitrogens with zero attached hydrogens (tertiary/aromatic N) is 2. The van der Waals surface area contributed by atoms with Crippen molar-refractivity contribution >= 4 is 45.6 Å². The highest BCUT2D eigenvalue weighted by Gasteiger charge is 2.18. The lowest BCUT2D eigenvalue weighted by molar-refractivity contribution is 0.629. The minimum atomic E-state index is -0.459. The van der Waals surface area contributed by atoms with Gasteiger partial charge < -0.3 is 0 Å². The third-order valence-electron chi connectivity index (χ3n) is 2.84. The Morgan fingerprint density at radius 2 is 2.21 bits per heavy atom. The maximum Gasteiger partial charge on any atom is 0.144 e. The molecule has 0 amide bonds. The summed E-state index contributed by atoms with van der Waals surface area (Å²) in [6.45, 7) is 1.84. The molecular formula is C13H9Cl2FN2S. The van der Waals surface area contributed by atoms with Crippen molar-refractivity contribution in [1.82, 2.24) is 9.55 Å². The summed E-state index contributed by atoms with van der Waals surface area (Å²) in [4.78, 5) is 4.45. The van der Waals surface area contributed by atoms with E-state index < -0.39 is 5.82 Å². The number of imidazole rings is 1. The van der Waals surface area contributed by atoms with Gasteiger partial charge in [0.1, 0.15) is 11.6 Å². The highest BCUT2D eigenvalue weighted by molar-refractivity contribution is 7.08. The zero-order valence-corrected chi connectivity index (χ0v) is 12.2. The van der Waals surface area contributed by atoms with Crippen LogP contribution in [0.3, 0.4) is 0 Å². The van der Waals surface area contributed by atoms with Gasteiger partial charge in [-0.25, -0.2) is 9.37 Å². The van der Waals surface area contributed by atoms with E-state index >= 15 is 0 Å². The first-order valence-corrected chi connectivity index (χ1v) is 7.37. The van der Waals surface area contributed by atoms with E-state index in [1.165, 1.54) is 12.1 Å². The van der Waals surface area contributed by atoms with E-state index in [0.717, 1.165) is 5.69 Å². The van der Waals surface area contributed by atoms with Gasteiger partial charge in [0.25, 0.3) is 0 Å². The molecule has 0 radical (unpaired) electrons. The SMILES string of the molecule is CC(Cl)c1nc2cc(Cl)c(F)cc2n1-c1ccsc1. The Bertz CT molecular complexity index is 735. The van der Waals surface area contributed by atoms with Crippen LogP contribution in [0.25, 0.3) is 16.7 Å². The van der Waals surface area contributed by atoms with Crippen molar-refractivity contribution in [3.63, 3.8) is 0 Å². The fourth-order valence-corrected chi connectivity index (χ4v) is 2.94. The zero-order chi connectivity index (χ0) is 13.6. The molecule has 0 aliphatic rings. The van der Waals surface area contributed by atoms with Gasteiger partial charge in [0.2, 0.25) is 0 Å². The molecular weight excluding hydrogens is 306 g/mol. The van der Waals surface area contributed by atoms with Gasteiger partial charge in [-0.2, -0.15) is 11.3 Å². The molecule has 2 aromatic heterocycles. The van der Waals surface area contributed by atoms with Crippen molar-refractivity contribution in [2.24, 2.45) is 0 Å². The molecule has 0 bridgehead atoms. The second-order valence-corrected chi connectivity index (χ2v) is 6.00. The monoisotopic (exact) mass is 314 g/mol. The molecule has 6 heteroatoms. The van der Waals surface area contributed by atoms with Crippen LogP contribution >= 0.6 is 34.5 Å². The number of thiophene rings is 1. The third kappa shape index (κ3) is 2.14. The summed E-state index contributed by atoms with van der Waals surface area (Å²) < 4.78 is 15.5. The summed E-state index contributed by atoms with van der Waals surface area (Å²) >= 11 is 13.5. The van der Waals surface area contributed by atoms with Crippen molar-refractivity contribution in [2.45, 2.75) is 12.3 Å². The molecule has 0 aliphatic heterocycles. The van der Waals surface area contributed by atoms with Gasteiger partial charge in [-0.05, 0) is 24.4 Å². The molecule has 0 N–H and O–H groups in total. The van der Waals surface area contributed by atoms with Crippen LogP contribution in [0, 0.1) is 5.82 Å². The number of hydrogen-bond donors (Lipinski definition) is 0. The van der Waals surface area contributed by atoms with E-state index in [-0.39, 0.29) is 10.4 Å². The molecule has 3 aromatic rings. The smallest absolute Gasteiger partial charge is 0.144 e. The average molecular weight is 315 g/mol. The van der Waals surface area contributed by atoms with Gasteiger partial charge in [-0.3, -0.25) is 4.57 Å². The fraction of sp³-hybridized carbons (Fsp3) is 0.154. The summed E-state index contributed by atoms with van der Waals surface area (Å²) in [7, 11) is 0. The molecule has 2 heterocycles. The lowest BCUT2D eigenvalue weighted by Crippen LogP contribution is -2.00. The number of halogens is 3. The van der Waals surface area contributed by atoms with E-state index in [2.05, 4.69) is 4.98 Å². The number of hydrogen-bond acceptors (Lipinski definition) is 2. The lowest BCUT2D eigenvalue weighted by atomic mass is 10.3. The van der Waals surface area contributed by atoms with Crippen LogP contribution in [-0.4, -0.2) is 9.55 Å². The Balaban J connectivity index is 2.39. The summed E-state index contributed by atoms with van der Waals surface area (Å²) in [5, 5.41) is 3.71. The predicted molar refractivity (Wildman–Crippen MR) is 78.2 cm³/mol. The number of fused-ring (bicyclic) bond motifs is 1. The van der Waals surface area contributed by atoms with Gasteiger partial charge >= 0.3 is 0 Å². The molecule has 98 valence electrons. The molecule has 0 fully saturated rings. The van der Waals surface area contributed by atoms with Crippen molar-refractivity contribution in [3.8, 4) is 5.69 Å². The Morgan fingerprint density at radius 1 is 1.42 bits per heavy atom. The Morgan fingerprint density at radius 3 is 2.84 bits per heavy atom. The number of aromatic nitrogens is 2. The number of alkyl halides is 1. The van der Waals surface area contributed by atoms with Crippen molar-refractivity contribution in [2.75, 3.05) is 0 Å². The number of rotatable bonds is 2. The van der Waals surface area contributed by atoms with E-state index in [1.807, 2.05) is 28.3 Å². The van der Waals surface area contributed by atoms with Crippen LogP contribution in [0.2, 0.25) is 5.02 Å². The Kier molecular flexibility index (Phi) is 3.25. The van der Waals surface area contributed by atoms with Gasteiger partial charge in [0.05, 0.1) is 27.1 Å². The maximum absolute atomic E-state index is 13.7. The van der Waals surface area contributed by atoms with Crippen LogP contribution in [0.1, 0.15) is 18.1 Å². The topological polar surface area (TPSA) is 17.8 Å². The molecule has 0 spiro atoms. The fourth-order valence-electron chi connectivity index (χ4n) is 2.01. The second-order valence-electron chi connectivity index (χ2n) is 4.16. The standard InChI is InChI=1S/C13H9Cl2FN2S/c1-7(14)13-17-11-4-9(15)10(16)5-12(11)18(13)8-2-3-19-6-8/h2-7H,1H3. The highest BCUT2D eigenvalue weighted by Crippen LogP contribution is 2.31. The van der Waals surface area contributed by atoms with Crippen molar-refractivity contribution in [3.05, 3.63) is 45.6 Å². The average Bonchev–Trinajstić information content (AvgIpc) is 2.96. The summed E-state index contributed by atoms with van der Waals surface area (Å²) in [5.41, 5.74) is 2.24. The minimum absolute atomic E-state index is 0.0660. The molecule has 1 atom stereocenters. The maximum atomic E-state index is 13.7. The molecule has 19 heavy (non-hydrogen) atoms. The first-order valence-electron chi connectivity index (χ1n) is 5.62. The Hall–Kier alpha value is -1.10. The normalized spacial score (nSPS) is 13.1. The predicted octanol–water partition coefficient (Wildman–Crippen LogP) is 5.18. The van der Waals surface area contributed by atoms with Crippen molar-refractivity contribution in [1.29, 1.82) is 0 Å². The molecule has 3 rings (SSSR count). The van der Waals surface area contributed by atoms with E-state index in [9.17, 15) is 4.39 Å². The van der Waals surface area contributed by atoms with Gasteiger partial charge in [-0.15, -0.1) is 11.6 Å². The molecule has 0 saturated heterocycles. The Labute approximate surface area is 123 Å². The summed E-state index contributed by atoms with van der Waals surface area (Å²) in [5.74, 6) is 0.219. The molecule has 0 saturated carbocycles. The minimum Gasteiger partial charge on any atom is -0.294 e.